The first kappa shape index (κ1) is 28.7. The molecule has 0 aliphatic carbocycles. The van der Waals surface area contributed by atoms with E-state index >= 15 is 0 Å². The maximum Gasteiger partial charge on any atom is 0.143 e. The van der Waals surface area contributed by atoms with Crippen molar-refractivity contribution < 1.29 is 4.42 Å². The molecule has 0 saturated carbocycles. The maximum absolute atomic E-state index is 6.34. The van der Waals surface area contributed by atoms with Gasteiger partial charge in [-0.05, 0) is 69.3 Å². The molecule has 0 fully saturated rings. The van der Waals surface area contributed by atoms with Gasteiger partial charge in [-0.2, -0.15) is 0 Å². The minimum absolute atomic E-state index is 0.915. The number of hydrogen-bond acceptors (Lipinski definition) is 2. The Hall–Kier alpha value is -6.51. The summed E-state index contributed by atoms with van der Waals surface area (Å²) in [6.07, 6.45) is 0. The first-order valence-corrected chi connectivity index (χ1v) is 16.6. The summed E-state index contributed by atoms with van der Waals surface area (Å²) in [6, 6.07) is 66.3. The van der Waals surface area contributed by atoms with Gasteiger partial charge >= 0.3 is 0 Å². The van der Waals surface area contributed by atoms with Crippen LogP contribution in [0.15, 0.2) is 192 Å². The Labute approximate surface area is 285 Å². The fourth-order valence-electron chi connectivity index (χ4n) is 6.79. The second-order valence-electron chi connectivity index (χ2n) is 12.4. The van der Waals surface area contributed by atoms with Crippen LogP contribution in [0.25, 0.3) is 89.0 Å². The van der Waals surface area contributed by atoms with Crippen molar-refractivity contribution in [2.24, 2.45) is 0 Å². The first-order chi connectivity index (χ1) is 24.3. The average molecular weight is 626 g/mol. The molecule has 9 aromatic rings. The minimum Gasteiger partial charge on any atom is -0.455 e. The van der Waals surface area contributed by atoms with Gasteiger partial charge in [0.15, 0.2) is 0 Å². The highest BCUT2D eigenvalue weighted by Crippen LogP contribution is 2.38. The van der Waals surface area contributed by atoms with Crippen molar-refractivity contribution in [3.63, 3.8) is 0 Å². The van der Waals surface area contributed by atoms with Gasteiger partial charge in [0, 0.05) is 27.5 Å². The van der Waals surface area contributed by atoms with Crippen LogP contribution in [0.1, 0.15) is 0 Å². The van der Waals surface area contributed by atoms with Gasteiger partial charge in [-0.15, -0.1) is 0 Å². The van der Waals surface area contributed by atoms with Crippen molar-refractivity contribution in [1.82, 2.24) is 4.98 Å². The molecular formula is C47H31NO. The highest BCUT2D eigenvalue weighted by atomic mass is 16.3. The lowest BCUT2D eigenvalue weighted by atomic mass is 9.94. The summed E-state index contributed by atoms with van der Waals surface area (Å²) < 4.78 is 6.34. The molecule has 0 N–H and O–H groups in total. The van der Waals surface area contributed by atoms with Gasteiger partial charge in [0.05, 0.1) is 11.4 Å². The van der Waals surface area contributed by atoms with Crippen LogP contribution in [0.3, 0.4) is 0 Å². The predicted octanol–water partition coefficient (Wildman–Crippen LogP) is 13.0. The van der Waals surface area contributed by atoms with Crippen LogP contribution in [-0.4, -0.2) is 4.98 Å². The number of hydrogen-bond donors (Lipinski definition) is 0. The zero-order valence-corrected chi connectivity index (χ0v) is 26.8. The molecular weight excluding hydrogens is 595 g/mol. The van der Waals surface area contributed by atoms with E-state index in [0.29, 0.717) is 0 Å². The highest BCUT2D eigenvalue weighted by molar-refractivity contribution is 6.09. The summed E-state index contributed by atoms with van der Waals surface area (Å²) in [4.78, 5) is 5.06. The number of benzene rings is 7. The number of fused-ring (bicyclic) bond motifs is 3. The molecule has 0 atom stereocenters. The van der Waals surface area contributed by atoms with E-state index in [4.69, 9.17) is 9.40 Å². The molecule has 0 spiro atoms. The summed E-state index contributed by atoms with van der Waals surface area (Å²) >= 11 is 0. The Morgan fingerprint density at radius 1 is 0.306 bits per heavy atom. The zero-order valence-electron chi connectivity index (χ0n) is 26.8. The van der Waals surface area contributed by atoms with Crippen molar-refractivity contribution in [2.75, 3.05) is 0 Å². The summed E-state index contributed by atoms with van der Waals surface area (Å²) in [6.45, 7) is 0. The maximum atomic E-state index is 6.34. The van der Waals surface area contributed by atoms with E-state index in [1.807, 2.05) is 24.3 Å². The van der Waals surface area contributed by atoms with Crippen molar-refractivity contribution in [2.45, 2.75) is 0 Å². The van der Waals surface area contributed by atoms with E-state index < -0.39 is 0 Å². The van der Waals surface area contributed by atoms with E-state index in [1.54, 1.807) is 0 Å². The third-order valence-electron chi connectivity index (χ3n) is 9.29. The summed E-state index contributed by atoms with van der Waals surface area (Å²) in [5.74, 6) is 0. The summed E-state index contributed by atoms with van der Waals surface area (Å²) in [5, 5.41) is 2.29. The third-order valence-corrected chi connectivity index (χ3v) is 9.29. The molecule has 0 radical (unpaired) electrons. The summed E-state index contributed by atoms with van der Waals surface area (Å²) in [7, 11) is 0. The molecule has 0 bridgehead atoms. The molecule has 49 heavy (non-hydrogen) atoms. The van der Waals surface area contributed by atoms with Gasteiger partial charge < -0.3 is 4.42 Å². The molecule has 230 valence electrons. The Morgan fingerprint density at radius 2 is 0.776 bits per heavy atom. The average Bonchev–Trinajstić information content (AvgIpc) is 3.58. The predicted molar refractivity (Wildman–Crippen MR) is 204 cm³/mol. The minimum atomic E-state index is 0.915. The number of nitrogens with zero attached hydrogens (tertiary/aromatic N) is 1. The van der Waals surface area contributed by atoms with E-state index in [9.17, 15) is 0 Å². The Kier molecular flexibility index (Phi) is 7.18. The number of aromatic nitrogens is 1. The monoisotopic (exact) mass is 625 g/mol. The van der Waals surface area contributed by atoms with Crippen molar-refractivity contribution in [3.8, 4) is 67.0 Å². The van der Waals surface area contributed by atoms with Gasteiger partial charge in [-0.25, -0.2) is 4.98 Å². The number of para-hydroxylation sites is 2. The zero-order chi connectivity index (χ0) is 32.6. The smallest absolute Gasteiger partial charge is 0.143 e. The van der Waals surface area contributed by atoms with Crippen LogP contribution in [-0.2, 0) is 0 Å². The van der Waals surface area contributed by atoms with Gasteiger partial charge in [0.2, 0.25) is 0 Å². The van der Waals surface area contributed by atoms with Gasteiger partial charge in [-0.3, -0.25) is 0 Å². The number of pyridine rings is 1. The van der Waals surface area contributed by atoms with Crippen molar-refractivity contribution in [1.29, 1.82) is 0 Å². The molecule has 9 rings (SSSR count). The van der Waals surface area contributed by atoms with Crippen LogP contribution in [0.4, 0.5) is 0 Å². The fraction of sp³-hybridized carbons (Fsp3) is 0. The lowest BCUT2D eigenvalue weighted by Gasteiger charge is -2.12. The number of rotatable bonds is 6. The van der Waals surface area contributed by atoms with Gasteiger partial charge in [0.25, 0.3) is 0 Å². The molecule has 0 aliphatic rings. The standard InChI is InChI=1S/C47H31NO/c1-3-12-34(13-4-1)44-30-40(31-45(48-44)35-14-5-2-6-15-35)38-18-9-16-36(28-38)32-24-26-33(27-25-32)37-17-10-19-39(29-37)41-21-11-22-43-42-20-7-8-23-46(42)49-47(41)43/h1-31H. The molecule has 0 saturated heterocycles. The first-order valence-electron chi connectivity index (χ1n) is 16.6. The molecule has 2 heterocycles. The fourth-order valence-corrected chi connectivity index (χ4v) is 6.79. The van der Waals surface area contributed by atoms with Crippen LogP contribution < -0.4 is 0 Å². The third kappa shape index (κ3) is 5.50. The molecule has 0 aliphatic heterocycles. The van der Waals surface area contributed by atoms with Gasteiger partial charge in [-0.1, -0.05) is 158 Å². The Balaban J connectivity index is 1.05. The molecule has 2 nitrogen and oxygen atoms in total. The highest BCUT2D eigenvalue weighted by Gasteiger charge is 2.13. The van der Waals surface area contributed by atoms with E-state index in [-0.39, 0.29) is 0 Å². The SMILES string of the molecule is c1ccc(-c2cc(-c3cccc(-c4ccc(-c5cccc(-c6cccc7c6oc6ccccc67)c5)cc4)c3)cc(-c3ccccc3)n2)cc1. The Morgan fingerprint density at radius 3 is 1.41 bits per heavy atom. The molecule has 2 heteroatoms. The van der Waals surface area contributed by atoms with Crippen LogP contribution >= 0.6 is 0 Å². The van der Waals surface area contributed by atoms with Crippen molar-refractivity contribution >= 4 is 21.9 Å². The Bertz CT molecular complexity index is 2520. The van der Waals surface area contributed by atoms with E-state index in [0.717, 1.165) is 66.7 Å². The lowest BCUT2D eigenvalue weighted by molar-refractivity contribution is 0.670. The van der Waals surface area contributed by atoms with Crippen LogP contribution in [0.5, 0.6) is 0 Å². The number of furan rings is 1. The van der Waals surface area contributed by atoms with Crippen LogP contribution in [0.2, 0.25) is 0 Å². The van der Waals surface area contributed by atoms with E-state index in [2.05, 4.69) is 164 Å². The van der Waals surface area contributed by atoms with Gasteiger partial charge in [0.1, 0.15) is 11.2 Å². The quantitative estimate of drug-likeness (QED) is 0.184. The molecule has 0 unspecified atom stereocenters. The second kappa shape index (κ2) is 12.3. The molecule has 0 amide bonds. The van der Waals surface area contributed by atoms with Crippen LogP contribution in [0, 0.1) is 0 Å². The molecule has 7 aromatic carbocycles. The lowest BCUT2D eigenvalue weighted by Crippen LogP contribution is -1.91. The topological polar surface area (TPSA) is 26.0 Å². The summed E-state index contributed by atoms with van der Waals surface area (Å²) in [5.41, 5.74) is 15.2. The second-order valence-corrected chi connectivity index (χ2v) is 12.4. The largest absolute Gasteiger partial charge is 0.455 e. The van der Waals surface area contributed by atoms with Crippen molar-refractivity contribution in [3.05, 3.63) is 188 Å². The van der Waals surface area contributed by atoms with E-state index in [1.165, 1.54) is 22.3 Å². The molecule has 2 aromatic heterocycles. The normalized spacial score (nSPS) is 11.3.